The summed E-state index contributed by atoms with van der Waals surface area (Å²) in [6.07, 6.45) is 0. The molecule has 1 aliphatic rings. The number of hydrogen-bond donors (Lipinski definition) is 2. The second kappa shape index (κ2) is 4.56. The minimum absolute atomic E-state index is 0.0451. The molecule has 0 bridgehead atoms. The van der Waals surface area contributed by atoms with E-state index in [9.17, 15) is 4.79 Å². The number of carboxylic acid groups (broad SMARTS) is 1. The van der Waals surface area contributed by atoms with Gasteiger partial charge in [-0.1, -0.05) is 0 Å². The molecule has 0 saturated heterocycles. The van der Waals surface area contributed by atoms with Gasteiger partial charge in [0, 0.05) is 5.56 Å². The highest BCUT2D eigenvalue weighted by atomic mass is 16.6. The number of aromatic amines is 1. The molecule has 6 heteroatoms. The molecule has 3 rings (SSSR count). The first-order valence-electron chi connectivity index (χ1n) is 6.27. The van der Waals surface area contributed by atoms with Gasteiger partial charge in [-0.05, 0) is 37.1 Å². The fraction of sp³-hybridized carbons (Fsp3) is 0.286. The Morgan fingerprint density at radius 1 is 1.25 bits per heavy atom. The van der Waals surface area contributed by atoms with Crippen LogP contribution in [0.4, 0.5) is 0 Å². The Bertz CT molecular complexity index is 691. The number of benzene rings is 1. The molecule has 0 saturated carbocycles. The maximum absolute atomic E-state index is 10.9. The van der Waals surface area contributed by atoms with Crippen molar-refractivity contribution < 1.29 is 19.4 Å². The summed E-state index contributed by atoms with van der Waals surface area (Å²) in [7, 11) is 0. The van der Waals surface area contributed by atoms with Crippen molar-refractivity contribution in [2.24, 2.45) is 0 Å². The predicted octanol–water partition coefficient (Wildman–Crippen LogP) is 2.16. The summed E-state index contributed by atoms with van der Waals surface area (Å²) in [5.74, 6) is 0.299. The first-order valence-corrected chi connectivity index (χ1v) is 6.27. The summed E-state index contributed by atoms with van der Waals surface area (Å²) in [5, 5.41) is 15.5. The van der Waals surface area contributed by atoms with E-state index in [1.807, 2.05) is 19.9 Å². The van der Waals surface area contributed by atoms with Crippen LogP contribution in [-0.4, -0.2) is 34.5 Å². The van der Waals surface area contributed by atoms with Crippen LogP contribution in [0.1, 0.15) is 21.6 Å². The Morgan fingerprint density at radius 3 is 2.60 bits per heavy atom. The minimum atomic E-state index is -1.04. The number of carboxylic acids is 1. The quantitative estimate of drug-likeness (QED) is 0.876. The van der Waals surface area contributed by atoms with Crippen molar-refractivity contribution in [2.75, 3.05) is 13.2 Å². The van der Waals surface area contributed by atoms with Crippen molar-refractivity contribution in [3.8, 4) is 22.8 Å². The van der Waals surface area contributed by atoms with E-state index in [4.69, 9.17) is 14.6 Å². The lowest BCUT2D eigenvalue weighted by atomic mass is 10.0. The normalized spacial score (nSPS) is 13.3. The predicted molar refractivity (Wildman–Crippen MR) is 71.4 cm³/mol. The van der Waals surface area contributed by atoms with E-state index in [0.29, 0.717) is 30.4 Å². The second-order valence-corrected chi connectivity index (χ2v) is 4.69. The van der Waals surface area contributed by atoms with Crippen molar-refractivity contribution in [1.82, 2.24) is 10.2 Å². The van der Waals surface area contributed by atoms with Gasteiger partial charge in [-0.2, -0.15) is 5.10 Å². The Kier molecular flexibility index (Phi) is 2.85. The number of nitrogens with one attached hydrogen (secondary N) is 1. The summed E-state index contributed by atoms with van der Waals surface area (Å²) >= 11 is 0. The van der Waals surface area contributed by atoms with Gasteiger partial charge in [-0.15, -0.1) is 0 Å². The first kappa shape index (κ1) is 12.5. The summed E-state index contributed by atoms with van der Waals surface area (Å²) in [5.41, 5.74) is 3.39. The van der Waals surface area contributed by atoms with Crippen LogP contribution in [0.15, 0.2) is 12.1 Å². The van der Waals surface area contributed by atoms with Crippen LogP contribution in [0, 0.1) is 13.8 Å². The van der Waals surface area contributed by atoms with Gasteiger partial charge < -0.3 is 14.6 Å². The largest absolute Gasteiger partial charge is 0.486 e. The Balaban J connectivity index is 2.17. The van der Waals surface area contributed by atoms with Gasteiger partial charge in [0.15, 0.2) is 11.5 Å². The molecule has 0 spiro atoms. The van der Waals surface area contributed by atoms with Gasteiger partial charge in [0.05, 0.1) is 5.69 Å². The average molecular weight is 274 g/mol. The lowest BCUT2D eigenvalue weighted by molar-refractivity contribution is 0.0690. The highest BCUT2D eigenvalue weighted by Gasteiger charge is 2.23. The third kappa shape index (κ3) is 1.89. The minimum Gasteiger partial charge on any atom is -0.486 e. The Hall–Kier alpha value is -2.50. The molecule has 104 valence electrons. The number of aromatic carboxylic acids is 1. The highest BCUT2D eigenvalue weighted by Crippen LogP contribution is 2.43. The number of fused-ring (bicyclic) bond motifs is 1. The van der Waals surface area contributed by atoms with Crippen LogP contribution >= 0.6 is 0 Å². The second-order valence-electron chi connectivity index (χ2n) is 4.69. The van der Waals surface area contributed by atoms with Gasteiger partial charge >= 0.3 is 5.97 Å². The van der Waals surface area contributed by atoms with Crippen LogP contribution in [0.25, 0.3) is 11.3 Å². The topological polar surface area (TPSA) is 84.4 Å². The third-order valence-electron chi connectivity index (χ3n) is 3.40. The maximum atomic E-state index is 10.9. The molecule has 2 aromatic rings. The molecule has 0 fully saturated rings. The van der Waals surface area contributed by atoms with E-state index in [1.54, 1.807) is 0 Å². The van der Waals surface area contributed by atoms with Crippen LogP contribution in [0.2, 0.25) is 0 Å². The van der Waals surface area contributed by atoms with Crippen molar-refractivity contribution in [2.45, 2.75) is 13.8 Å². The van der Waals surface area contributed by atoms with Gasteiger partial charge in [0.2, 0.25) is 0 Å². The fourth-order valence-corrected chi connectivity index (χ4v) is 2.23. The fourth-order valence-electron chi connectivity index (χ4n) is 2.23. The zero-order chi connectivity index (χ0) is 14.3. The number of aryl methyl sites for hydroxylation is 1. The zero-order valence-electron chi connectivity index (χ0n) is 11.2. The van der Waals surface area contributed by atoms with Crippen LogP contribution < -0.4 is 9.47 Å². The average Bonchev–Trinajstić information content (AvgIpc) is 2.93. The molecule has 20 heavy (non-hydrogen) atoms. The van der Waals surface area contributed by atoms with E-state index < -0.39 is 5.97 Å². The summed E-state index contributed by atoms with van der Waals surface area (Å²) < 4.78 is 11.4. The smallest absolute Gasteiger partial charge is 0.353 e. The van der Waals surface area contributed by atoms with E-state index in [1.165, 1.54) is 6.07 Å². The van der Waals surface area contributed by atoms with E-state index in [2.05, 4.69) is 10.2 Å². The third-order valence-corrected chi connectivity index (χ3v) is 3.40. The number of carbonyl (C=O) groups is 1. The van der Waals surface area contributed by atoms with Crippen LogP contribution in [-0.2, 0) is 0 Å². The Labute approximate surface area is 115 Å². The van der Waals surface area contributed by atoms with Crippen molar-refractivity contribution in [1.29, 1.82) is 0 Å². The molecular weight excluding hydrogens is 260 g/mol. The van der Waals surface area contributed by atoms with Crippen molar-refractivity contribution in [3.05, 3.63) is 29.0 Å². The first-order chi connectivity index (χ1) is 9.58. The SMILES string of the molecule is Cc1cc(-c2cc(C(=O)O)[nH]n2)c2c(c1C)OCCO2. The standard InChI is InChI=1S/C14H14N2O4/c1-7-5-9(10-6-11(14(17)18)16-15-10)13-12(8(7)2)19-3-4-20-13/h5-6H,3-4H2,1-2H3,(H,15,16)(H,17,18). The van der Waals surface area contributed by atoms with Gasteiger partial charge in [0.25, 0.3) is 0 Å². The van der Waals surface area contributed by atoms with E-state index in [-0.39, 0.29) is 5.69 Å². The summed E-state index contributed by atoms with van der Waals surface area (Å²) in [4.78, 5) is 10.9. The maximum Gasteiger partial charge on any atom is 0.353 e. The number of H-pyrrole nitrogens is 1. The monoisotopic (exact) mass is 274 g/mol. The Morgan fingerprint density at radius 2 is 1.95 bits per heavy atom. The van der Waals surface area contributed by atoms with E-state index >= 15 is 0 Å². The summed E-state index contributed by atoms with van der Waals surface area (Å²) in [6, 6.07) is 3.43. The molecule has 0 atom stereocenters. The molecule has 0 amide bonds. The van der Waals surface area contributed by atoms with Crippen molar-refractivity contribution in [3.63, 3.8) is 0 Å². The molecule has 2 heterocycles. The molecule has 1 aromatic heterocycles. The number of aromatic nitrogens is 2. The number of nitrogens with zero attached hydrogens (tertiary/aromatic N) is 1. The molecular formula is C14H14N2O4. The van der Waals surface area contributed by atoms with Gasteiger partial charge in [-0.3, -0.25) is 5.10 Å². The lowest BCUT2D eigenvalue weighted by Crippen LogP contribution is -2.17. The number of hydrogen-bond acceptors (Lipinski definition) is 4. The molecule has 6 nitrogen and oxygen atoms in total. The van der Waals surface area contributed by atoms with Gasteiger partial charge in [-0.25, -0.2) is 4.79 Å². The molecule has 0 radical (unpaired) electrons. The number of rotatable bonds is 2. The van der Waals surface area contributed by atoms with Gasteiger partial charge in [0.1, 0.15) is 18.9 Å². The number of ether oxygens (including phenoxy) is 2. The van der Waals surface area contributed by atoms with Crippen LogP contribution in [0.5, 0.6) is 11.5 Å². The lowest BCUT2D eigenvalue weighted by Gasteiger charge is -2.23. The molecule has 0 aliphatic carbocycles. The summed E-state index contributed by atoms with van der Waals surface area (Å²) in [6.45, 7) is 4.93. The zero-order valence-corrected chi connectivity index (χ0v) is 11.2. The molecule has 0 unspecified atom stereocenters. The molecule has 1 aromatic carbocycles. The molecule has 2 N–H and O–H groups in total. The van der Waals surface area contributed by atoms with Crippen molar-refractivity contribution >= 4 is 5.97 Å². The van der Waals surface area contributed by atoms with Crippen LogP contribution in [0.3, 0.4) is 0 Å². The highest BCUT2D eigenvalue weighted by molar-refractivity contribution is 5.87. The molecule has 1 aliphatic heterocycles. The van der Waals surface area contributed by atoms with E-state index in [0.717, 1.165) is 16.7 Å².